The Bertz CT molecular complexity index is 630. The van der Waals surface area contributed by atoms with E-state index in [2.05, 4.69) is 30.5 Å². The average Bonchev–Trinajstić information content (AvgIpc) is 2.49. The summed E-state index contributed by atoms with van der Waals surface area (Å²) in [5.41, 5.74) is 4.82. The van der Waals surface area contributed by atoms with Crippen LogP contribution in [0.1, 0.15) is 41.3 Å². The number of benzene rings is 2. The van der Waals surface area contributed by atoms with Crippen LogP contribution in [0.3, 0.4) is 0 Å². The Labute approximate surface area is 126 Å². The number of para-hydroxylation sites is 1. The molecule has 0 aliphatic carbocycles. The SMILES string of the molecule is CNc1ccc(C(=O)Nc2c(C)cccc2C(C)C)cc1. The summed E-state index contributed by atoms with van der Waals surface area (Å²) >= 11 is 0. The minimum atomic E-state index is -0.0751. The number of aryl methyl sites for hydroxylation is 1. The second-order valence-electron chi connectivity index (χ2n) is 5.48. The van der Waals surface area contributed by atoms with E-state index in [-0.39, 0.29) is 5.91 Å². The third-order valence-electron chi connectivity index (χ3n) is 3.60. The highest BCUT2D eigenvalue weighted by atomic mass is 16.1. The summed E-state index contributed by atoms with van der Waals surface area (Å²) in [7, 11) is 1.86. The zero-order valence-electron chi connectivity index (χ0n) is 13.0. The number of hydrogen-bond donors (Lipinski definition) is 2. The van der Waals surface area contributed by atoms with Crippen molar-refractivity contribution >= 4 is 17.3 Å². The Kier molecular flexibility index (Phi) is 4.63. The van der Waals surface area contributed by atoms with Crippen molar-refractivity contribution in [3.63, 3.8) is 0 Å². The molecule has 0 aliphatic heterocycles. The van der Waals surface area contributed by atoms with Crippen molar-refractivity contribution in [2.75, 3.05) is 17.7 Å². The fourth-order valence-corrected chi connectivity index (χ4v) is 2.32. The molecule has 0 saturated carbocycles. The first-order valence-corrected chi connectivity index (χ1v) is 7.21. The molecule has 2 rings (SSSR count). The summed E-state index contributed by atoms with van der Waals surface area (Å²) in [5, 5.41) is 6.10. The van der Waals surface area contributed by atoms with Gasteiger partial charge in [0.25, 0.3) is 5.91 Å². The first-order valence-electron chi connectivity index (χ1n) is 7.21. The Morgan fingerprint density at radius 3 is 2.29 bits per heavy atom. The maximum absolute atomic E-state index is 12.4. The molecule has 0 aromatic heterocycles. The second kappa shape index (κ2) is 6.44. The smallest absolute Gasteiger partial charge is 0.255 e. The van der Waals surface area contributed by atoms with Gasteiger partial charge >= 0.3 is 0 Å². The summed E-state index contributed by atoms with van der Waals surface area (Å²) in [6.07, 6.45) is 0. The Morgan fingerprint density at radius 1 is 1.05 bits per heavy atom. The zero-order chi connectivity index (χ0) is 15.4. The highest BCUT2D eigenvalue weighted by Crippen LogP contribution is 2.27. The molecule has 0 aliphatic rings. The molecule has 0 atom stereocenters. The minimum Gasteiger partial charge on any atom is -0.388 e. The Balaban J connectivity index is 2.26. The minimum absolute atomic E-state index is 0.0751. The Hall–Kier alpha value is -2.29. The van der Waals surface area contributed by atoms with Gasteiger partial charge in [-0.15, -0.1) is 0 Å². The predicted octanol–water partition coefficient (Wildman–Crippen LogP) is 4.41. The maximum atomic E-state index is 12.4. The molecule has 2 aromatic rings. The quantitative estimate of drug-likeness (QED) is 0.872. The number of carbonyl (C=O) groups is 1. The van der Waals surface area contributed by atoms with Gasteiger partial charge in [-0.2, -0.15) is 0 Å². The van der Waals surface area contributed by atoms with Gasteiger partial charge in [0, 0.05) is 24.0 Å². The Morgan fingerprint density at radius 2 is 1.71 bits per heavy atom. The van der Waals surface area contributed by atoms with Crippen LogP contribution in [0.4, 0.5) is 11.4 Å². The monoisotopic (exact) mass is 282 g/mol. The first kappa shape index (κ1) is 15.1. The topological polar surface area (TPSA) is 41.1 Å². The molecule has 21 heavy (non-hydrogen) atoms. The first-order chi connectivity index (χ1) is 10.0. The van der Waals surface area contributed by atoms with Crippen molar-refractivity contribution in [1.82, 2.24) is 0 Å². The van der Waals surface area contributed by atoms with E-state index in [0.29, 0.717) is 11.5 Å². The average molecular weight is 282 g/mol. The molecule has 0 bridgehead atoms. The molecule has 0 spiro atoms. The van der Waals surface area contributed by atoms with Crippen LogP contribution in [0.5, 0.6) is 0 Å². The van der Waals surface area contributed by atoms with E-state index in [1.807, 2.05) is 50.4 Å². The van der Waals surface area contributed by atoms with Crippen molar-refractivity contribution in [2.45, 2.75) is 26.7 Å². The third-order valence-corrected chi connectivity index (χ3v) is 3.60. The normalized spacial score (nSPS) is 10.5. The van der Waals surface area contributed by atoms with Crippen molar-refractivity contribution in [1.29, 1.82) is 0 Å². The molecule has 0 saturated heterocycles. The number of nitrogens with one attached hydrogen (secondary N) is 2. The van der Waals surface area contributed by atoms with Crippen LogP contribution >= 0.6 is 0 Å². The van der Waals surface area contributed by atoms with Crippen LogP contribution in [0, 0.1) is 6.92 Å². The summed E-state index contributed by atoms with van der Waals surface area (Å²) in [6.45, 7) is 6.28. The fourth-order valence-electron chi connectivity index (χ4n) is 2.32. The van der Waals surface area contributed by atoms with Gasteiger partial charge in [0.2, 0.25) is 0 Å². The van der Waals surface area contributed by atoms with Gasteiger partial charge in [0.1, 0.15) is 0 Å². The molecule has 0 fully saturated rings. The summed E-state index contributed by atoms with van der Waals surface area (Å²) in [4.78, 5) is 12.4. The summed E-state index contributed by atoms with van der Waals surface area (Å²) in [6, 6.07) is 13.6. The molecule has 110 valence electrons. The molecule has 0 unspecified atom stereocenters. The van der Waals surface area contributed by atoms with Gasteiger partial charge in [-0.25, -0.2) is 0 Å². The lowest BCUT2D eigenvalue weighted by Gasteiger charge is -2.16. The molecule has 0 radical (unpaired) electrons. The highest BCUT2D eigenvalue weighted by Gasteiger charge is 2.13. The molecule has 3 heteroatoms. The molecule has 0 heterocycles. The van der Waals surface area contributed by atoms with Gasteiger partial charge in [0.15, 0.2) is 0 Å². The lowest BCUT2D eigenvalue weighted by atomic mass is 9.98. The maximum Gasteiger partial charge on any atom is 0.255 e. The summed E-state index contributed by atoms with van der Waals surface area (Å²) < 4.78 is 0. The van der Waals surface area contributed by atoms with Gasteiger partial charge in [-0.1, -0.05) is 32.0 Å². The van der Waals surface area contributed by atoms with Gasteiger partial charge in [-0.05, 0) is 48.2 Å². The van der Waals surface area contributed by atoms with Crippen LogP contribution in [0.25, 0.3) is 0 Å². The summed E-state index contributed by atoms with van der Waals surface area (Å²) in [5.74, 6) is 0.292. The van der Waals surface area contributed by atoms with E-state index in [9.17, 15) is 4.79 Å². The molecular weight excluding hydrogens is 260 g/mol. The number of carbonyl (C=O) groups excluding carboxylic acids is 1. The van der Waals surface area contributed by atoms with Crippen molar-refractivity contribution in [2.24, 2.45) is 0 Å². The van der Waals surface area contributed by atoms with Crippen molar-refractivity contribution in [3.05, 3.63) is 59.2 Å². The van der Waals surface area contributed by atoms with E-state index in [4.69, 9.17) is 0 Å². The number of rotatable bonds is 4. The molecule has 3 nitrogen and oxygen atoms in total. The van der Waals surface area contributed by atoms with E-state index < -0.39 is 0 Å². The molecule has 2 N–H and O–H groups in total. The van der Waals surface area contributed by atoms with E-state index in [1.54, 1.807) is 0 Å². The predicted molar refractivity (Wildman–Crippen MR) is 89.2 cm³/mol. The van der Waals surface area contributed by atoms with Crippen LogP contribution in [-0.4, -0.2) is 13.0 Å². The lowest BCUT2D eigenvalue weighted by Crippen LogP contribution is -2.14. The number of hydrogen-bond acceptors (Lipinski definition) is 2. The third kappa shape index (κ3) is 3.43. The fraction of sp³-hybridized carbons (Fsp3) is 0.278. The van der Waals surface area contributed by atoms with Gasteiger partial charge < -0.3 is 10.6 Å². The number of anilines is 2. The number of amides is 1. The van der Waals surface area contributed by atoms with E-state index in [1.165, 1.54) is 0 Å². The largest absolute Gasteiger partial charge is 0.388 e. The lowest BCUT2D eigenvalue weighted by molar-refractivity contribution is 0.102. The molecule has 2 aromatic carbocycles. The van der Waals surface area contributed by atoms with Gasteiger partial charge in [0.05, 0.1) is 0 Å². The van der Waals surface area contributed by atoms with Crippen LogP contribution in [0.2, 0.25) is 0 Å². The molecule has 1 amide bonds. The molecular formula is C18H22N2O. The van der Waals surface area contributed by atoms with E-state index >= 15 is 0 Å². The van der Waals surface area contributed by atoms with Crippen LogP contribution in [0.15, 0.2) is 42.5 Å². The van der Waals surface area contributed by atoms with Crippen molar-refractivity contribution < 1.29 is 4.79 Å². The highest BCUT2D eigenvalue weighted by molar-refractivity contribution is 6.05. The zero-order valence-corrected chi connectivity index (χ0v) is 13.0. The van der Waals surface area contributed by atoms with Crippen molar-refractivity contribution in [3.8, 4) is 0 Å². The van der Waals surface area contributed by atoms with Crippen LogP contribution in [-0.2, 0) is 0 Å². The standard InChI is InChI=1S/C18H22N2O/c1-12(2)16-7-5-6-13(3)17(16)20-18(21)14-8-10-15(19-4)11-9-14/h5-12,19H,1-4H3,(H,20,21). The second-order valence-corrected chi connectivity index (χ2v) is 5.48. The van der Waals surface area contributed by atoms with E-state index in [0.717, 1.165) is 22.5 Å². The van der Waals surface area contributed by atoms with Crippen LogP contribution < -0.4 is 10.6 Å². The van der Waals surface area contributed by atoms with Gasteiger partial charge in [-0.3, -0.25) is 4.79 Å².